The van der Waals surface area contributed by atoms with Gasteiger partial charge in [-0.1, -0.05) is 13.8 Å². The number of ether oxygens (including phenoxy) is 1. The van der Waals surface area contributed by atoms with Gasteiger partial charge in [0.2, 0.25) is 5.95 Å². The molecule has 1 saturated heterocycles. The number of amides is 1. The third-order valence-corrected chi connectivity index (χ3v) is 6.54. The van der Waals surface area contributed by atoms with Crippen molar-refractivity contribution in [3.63, 3.8) is 0 Å². The summed E-state index contributed by atoms with van der Waals surface area (Å²) in [5, 5.41) is 4.10. The monoisotopic (exact) mass is 542 g/mol. The molecule has 0 radical (unpaired) electrons. The number of pyridine rings is 1. The quantitative estimate of drug-likeness (QED) is 0.488. The first-order valence-corrected chi connectivity index (χ1v) is 12.7. The maximum atomic E-state index is 12.5. The van der Waals surface area contributed by atoms with E-state index in [0.29, 0.717) is 48.2 Å². The number of aryl methyl sites for hydroxylation is 2. The third kappa shape index (κ3) is 5.58. The Labute approximate surface area is 213 Å². The van der Waals surface area contributed by atoms with E-state index in [0.717, 1.165) is 35.5 Å². The van der Waals surface area contributed by atoms with Crippen LogP contribution in [0.25, 0.3) is 11.0 Å². The highest BCUT2D eigenvalue weighted by Gasteiger charge is 2.22. The van der Waals surface area contributed by atoms with Gasteiger partial charge < -0.3 is 19.9 Å². The van der Waals surface area contributed by atoms with Crippen LogP contribution in [-0.2, 0) is 11.3 Å². The minimum absolute atomic E-state index is 0.110. The molecule has 0 atom stereocenters. The lowest BCUT2D eigenvalue weighted by Gasteiger charge is -2.35. The van der Waals surface area contributed by atoms with Crippen LogP contribution in [-0.4, -0.2) is 58.3 Å². The first-order valence-electron chi connectivity index (χ1n) is 11.9. The van der Waals surface area contributed by atoms with Gasteiger partial charge in [0.1, 0.15) is 5.65 Å². The molecule has 1 aliphatic heterocycles. The number of piperazine rings is 1. The van der Waals surface area contributed by atoms with Crippen LogP contribution < -0.4 is 15.8 Å². The predicted molar refractivity (Wildman–Crippen MR) is 142 cm³/mol. The fourth-order valence-corrected chi connectivity index (χ4v) is 4.51. The van der Waals surface area contributed by atoms with Gasteiger partial charge in [-0.3, -0.25) is 9.36 Å². The molecule has 1 aromatic carbocycles. The molecule has 1 N–H and O–H groups in total. The molecule has 1 amide bonds. The molecule has 0 unspecified atom stereocenters. The smallest absolute Gasteiger partial charge is 0.409 e. The van der Waals surface area contributed by atoms with E-state index in [4.69, 9.17) is 4.74 Å². The summed E-state index contributed by atoms with van der Waals surface area (Å²) in [7, 11) is 0. The summed E-state index contributed by atoms with van der Waals surface area (Å²) in [5.74, 6) is 0.773. The Balaban J connectivity index is 1.43. The highest BCUT2D eigenvalue weighted by atomic mass is 79.9. The van der Waals surface area contributed by atoms with E-state index in [1.54, 1.807) is 15.5 Å². The lowest BCUT2D eigenvalue weighted by Crippen LogP contribution is -2.49. The zero-order valence-electron chi connectivity index (χ0n) is 20.5. The van der Waals surface area contributed by atoms with Gasteiger partial charge in [-0.15, -0.1) is 0 Å². The van der Waals surface area contributed by atoms with Crippen molar-refractivity contribution in [1.29, 1.82) is 0 Å². The van der Waals surface area contributed by atoms with E-state index in [2.05, 4.69) is 36.1 Å². The summed E-state index contributed by atoms with van der Waals surface area (Å²) in [6, 6.07) is 9.83. The van der Waals surface area contributed by atoms with Crippen LogP contribution in [0, 0.1) is 12.8 Å². The summed E-state index contributed by atoms with van der Waals surface area (Å²) in [6.45, 7) is 11.6. The Morgan fingerprint density at radius 1 is 1.14 bits per heavy atom. The maximum absolute atomic E-state index is 12.5. The molecule has 186 valence electrons. The lowest BCUT2D eigenvalue weighted by molar-refractivity contribution is 0.0901. The number of aromatic nitrogens is 3. The number of fused-ring (bicyclic) bond motifs is 1. The molecule has 2 aromatic heterocycles. The molecule has 1 fully saturated rings. The number of hydrogen-bond donors (Lipinski definition) is 1. The molecule has 0 aliphatic carbocycles. The average Bonchev–Trinajstić information content (AvgIpc) is 2.85. The summed E-state index contributed by atoms with van der Waals surface area (Å²) in [5.41, 5.74) is 3.23. The van der Waals surface area contributed by atoms with Crippen LogP contribution in [0.3, 0.4) is 0 Å². The number of benzene rings is 1. The predicted octanol–water partition coefficient (Wildman–Crippen LogP) is 4.54. The summed E-state index contributed by atoms with van der Waals surface area (Å²) in [6.07, 6.45) is -0.232. The number of carbonyl (C=O) groups is 1. The highest BCUT2D eigenvalue weighted by Crippen LogP contribution is 2.24. The van der Waals surface area contributed by atoms with E-state index in [1.165, 1.54) is 0 Å². The summed E-state index contributed by atoms with van der Waals surface area (Å²) < 4.78 is 7.49. The Kier molecular flexibility index (Phi) is 7.59. The number of hydrogen-bond acceptors (Lipinski definition) is 7. The van der Waals surface area contributed by atoms with Gasteiger partial charge in [-0.05, 0) is 66.0 Å². The fraction of sp³-hybridized carbons (Fsp3) is 0.440. The average molecular weight is 543 g/mol. The van der Waals surface area contributed by atoms with E-state index in [1.807, 2.05) is 52.0 Å². The summed E-state index contributed by atoms with van der Waals surface area (Å²) >= 11 is 3.34. The second-order valence-corrected chi connectivity index (χ2v) is 9.88. The van der Waals surface area contributed by atoms with Crippen molar-refractivity contribution in [2.24, 2.45) is 5.92 Å². The number of anilines is 3. The second-order valence-electron chi connectivity index (χ2n) is 9.03. The molecular formula is C25H31BrN6O3. The van der Waals surface area contributed by atoms with Crippen molar-refractivity contribution in [3.05, 3.63) is 50.9 Å². The molecule has 0 bridgehead atoms. The largest absolute Gasteiger partial charge is 0.449 e. The van der Waals surface area contributed by atoms with Crippen LogP contribution in [0.15, 0.2) is 39.6 Å². The van der Waals surface area contributed by atoms with Crippen molar-refractivity contribution >= 4 is 50.4 Å². The number of carbonyl (C=O) groups excluding carboxylic acids is 1. The third-order valence-electron chi connectivity index (χ3n) is 5.98. The van der Waals surface area contributed by atoms with Gasteiger partial charge in [-0.2, -0.15) is 4.98 Å². The Hall–Kier alpha value is -3.14. The molecule has 10 heteroatoms. The van der Waals surface area contributed by atoms with Crippen LogP contribution in [0.1, 0.15) is 26.5 Å². The van der Waals surface area contributed by atoms with Crippen LogP contribution in [0.5, 0.6) is 0 Å². The first-order chi connectivity index (χ1) is 16.8. The minimum atomic E-state index is -0.232. The normalized spacial score (nSPS) is 14.0. The fourth-order valence-electron chi connectivity index (χ4n) is 4.07. The van der Waals surface area contributed by atoms with Crippen LogP contribution in [0.4, 0.5) is 22.1 Å². The molecule has 4 rings (SSSR count). The van der Waals surface area contributed by atoms with E-state index >= 15 is 0 Å². The summed E-state index contributed by atoms with van der Waals surface area (Å²) in [4.78, 5) is 37.9. The number of nitrogens with one attached hydrogen (secondary N) is 1. The number of halogens is 1. The van der Waals surface area contributed by atoms with Crippen LogP contribution >= 0.6 is 15.9 Å². The number of rotatable bonds is 6. The van der Waals surface area contributed by atoms with E-state index < -0.39 is 0 Å². The Morgan fingerprint density at radius 2 is 1.83 bits per heavy atom. The molecule has 0 saturated carbocycles. The minimum Gasteiger partial charge on any atom is -0.449 e. The Bertz CT molecular complexity index is 1270. The Morgan fingerprint density at radius 3 is 2.46 bits per heavy atom. The molecular weight excluding hydrogens is 512 g/mol. The van der Waals surface area contributed by atoms with Gasteiger partial charge in [-0.25, -0.2) is 9.78 Å². The molecule has 9 nitrogen and oxygen atoms in total. The molecule has 0 spiro atoms. The van der Waals surface area contributed by atoms with Gasteiger partial charge in [0.25, 0.3) is 5.56 Å². The molecule has 35 heavy (non-hydrogen) atoms. The van der Waals surface area contributed by atoms with Crippen molar-refractivity contribution in [3.8, 4) is 0 Å². The molecule has 1 aliphatic rings. The zero-order valence-corrected chi connectivity index (χ0v) is 22.1. The number of nitrogens with zero attached hydrogens (tertiary/aromatic N) is 5. The van der Waals surface area contributed by atoms with Crippen molar-refractivity contribution in [1.82, 2.24) is 19.4 Å². The highest BCUT2D eigenvalue weighted by molar-refractivity contribution is 9.10. The van der Waals surface area contributed by atoms with Crippen LogP contribution in [0.2, 0.25) is 0 Å². The zero-order chi connectivity index (χ0) is 25.1. The van der Waals surface area contributed by atoms with Gasteiger partial charge >= 0.3 is 6.09 Å². The van der Waals surface area contributed by atoms with Gasteiger partial charge in [0.05, 0.1) is 16.8 Å². The van der Waals surface area contributed by atoms with E-state index in [-0.39, 0.29) is 11.7 Å². The van der Waals surface area contributed by atoms with E-state index in [9.17, 15) is 9.59 Å². The second kappa shape index (κ2) is 10.6. The lowest BCUT2D eigenvalue weighted by atomic mass is 10.2. The van der Waals surface area contributed by atoms with Crippen molar-refractivity contribution < 1.29 is 9.53 Å². The van der Waals surface area contributed by atoms with Gasteiger partial charge in [0.15, 0.2) is 0 Å². The standard InChI is InChI=1S/C25H31BrN6O3/c1-5-32-22-20(14-21(26)23(32)33)17(4)27-24(29-22)28-18-6-8-19(9-7-18)30-10-12-31(13-11-30)25(34)35-15-16(2)3/h6-9,14,16H,5,10-13,15H2,1-4H3,(H,27,28,29). The molecule has 3 aromatic rings. The topological polar surface area (TPSA) is 92.6 Å². The first kappa shape index (κ1) is 25.0. The van der Waals surface area contributed by atoms with Crippen molar-refractivity contribution in [2.75, 3.05) is 43.0 Å². The van der Waals surface area contributed by atoms with Crippen molar-refractivity contribution in [2.45, 2.75) is 34.2 Å². The molecule has 3 heterocycles. The van der Waals surface area contributed by atoms with Gasteiger partial charge in [0, 0.05) is 49.5 Å². The maximum Gasteiger partial charge on any atom is 0.409 e. The SMILES string of the molecule is CCn1c(=O)c(Br)cc2c(C)nc(Nc3ccc(N4CCN(C(=O)OCC(C)C)CC4)cc3)nc21.